The lowest BCUT2D eigenvalue weighted by Crippen LogP contribution is -2.76. The summed E-state index contributed by atoms with van der Waals surface area (Å²) in [4.78, 5) is 24.0. The van der Waals surface area contributed by atoms with E-state index >= 15 is 0 Å². The molecule has 0 atom stereocenters. The van der Waals surface area contributed by atoms with Gasteiger partial charge < -0.3 is 14.8 Å². The molecule has 3 aliphatic rings. The standard InChI is InChI=1S/C21H18ClF3N2O4/c22-14-3-1-12(5-16(14)24)26-19(29)31-11-20-8-21(9-20,10-20)27-18(28)7-30-13-2-4-15(23)17(25)6-13/h1-6H,7-11H2,(H,26,29)(H,27,28). The average Bonchev–Trinajstić information content (AvgIpc) is 2.66. The smallest absolute Gasteiger partial charge is 0.411 e. The SMILES string of the molecule is O=C(COc1ccc(F)c(F)c1)NC12CC(COC(=O)Nc3ccc(Cl)c(F)c3)(C1)C2. The van der Waals surface area contributed by atoms with Gasteiger partial charge in [0, 0.05) is 22.7 Å². The zero-order chi connectivity index (χ0) is 22.2. The molecule has 2 aromatic rings. The minimum atomic E-state index is -1.05. The van der Waals surface area contributed by atoms with Gasteiger partial charge in [0.1, 0.15) is 11.6 Å². The number of rotatable bonds is 7. The molecule has 164 valence electrons. The molecule has 0 heterocycles. The maximum absolute atomic E-state index is 13.4. The lowest BCUT2D eigenvalue weighted by Gasteiger charge is -2.70. The van der Waals surface area contributed by atoms with Crippen LogP contribution in [0.1, 0.15) is 19.3 Å². The third-order valence-corrected chi connectivity index (χ3v) is 5.79. The summed E-state index contributed by atoms with van der Waals surface area (Å²) < 4.78 is 49.9. The van der Waals surface area contributed by atoms with Gasteiger partial charge in [0.15, 0.2) is 18.2 Å². The molecule has 31 heavy (non-hydrogen) atoms. The number of hydrogen-bond donors (Lipinski definition) is 2. The maximum atomic E-state index is 13.4. The van der Waals surface area contributed by atoms with E-state index in [-0.39, 0.29) is 46.5 Å². The highest BCUT2D eigenvalue weighted by atomic mass is 35.5. The fraction of sp³-hybridized carbons (Fsp3) is 0.333. The Hall–Kier alpha value is -2.94. The number of carbonyl (C=O) groups is 2. The van der Waals surface area contributed by atoms with Gasteiger partial charge in [-0.1, -0.05) is 11.6 Å². The van der Waals surface area contributed by atoms with Gasteiger partial charge in [-0.3, -0.25) is 10.1 Å². The van der Waals surface area contributed by atoms with Crippen molar-refractivity contribution in [3.05, 3.63) is 58.9 Å². The molecule has 0 radical (unpaired) electrons. The number of benzene rings is 2. The van der Waals surface area contributed by atoms with Crippen molar-refractivity contribution in [3.8, 4) is 5.75 Å². The lowest BCUT2D eigenvalue weighted by molar-refractivity contribution is -0.183. The first-order valence-electron chi connectivity index (χ1n) is 9.45. The number of ether oxygens (including phenoxy) is 2. The van der Waals surface area contributed by atoms with Crippen molar-refractivity contribution >= 4 is 29.3 Å². The third kappa shape index (κ3) is 4.56. The second kappa shape index (κ2) is 7.96. The van der Waals surface area contributed by atoms with Crippen molar-refractivity contribution in [2.24, 2.45) is 5.41 Å². The zero-order valence-electron chi connectivity index (χ0n) is 16.1. The van der Waals surface area contributed by atoms with Gasteiger partial charge >= 0.3 is 6.09 Å². The Bertz CT molecular complexity index is 1030. The second-order valence-corrected chi connectivity index (χ2v) is 8.46. The Labute approximate surface area is 180 Å². The summed E-state index contributed by atoms with van der Waals surface area (Å²) in [6.07, 6.45) is 1.25. The Balaban J connectivity index is 1.17. The minimum Gasteiger partial charge on any atom is -0.484 e. The van der Waals surface area contributed by atoms with Gasteiger partial charge in [0.2, 0.25) is 0 Å². The molecule has 2 N–H and O–H groups in total. The van der Waals surface area contributed by atoms with Crippen LogP contribution < -0.4 is 15.4 Å². The molecular weight excluding hydrogens is 437 g/mol. The van der Waals surface area contributed by atoms with Crippen molar-refractivity contribution < 1.29 is 32.2 Å². The first-order chi connectivity index (χ1) is 14.7. The van der Waals surface area contributed by atoms with Crippen molar-refractivity contribution in [1.82, 2.24) is 5.32 Å². The van der Waals surface area contributed by atoms with Crippen LogP contribution >= 0.6 is 11.6 Å². The topological polar surface area (TPSA) is 76.7 Å². The van der Waals surface area contributed by atoms with Gasteiger partial charge in [0.05, 0.1) is 11.6 Å². The highest BCUT2D eigenvalue weighted by Gasteiger charge is 2.69. The molecule has 0 unspecified atom stereocenters. The van der Waals surface area contributed by atoms with Crippen molar-refractivity contribution in [1.29, 1.82) is 0 Å². The predicted octanol–water partition coefficient (Wildman–Crippen LogP) is 4.42. The number of nitrogens with one attached hydrogen (secondary N) is 2. The lowest BCUT2D eigenvalue weighted by atomic mass is 9.39. The highest BCUT2D eigenvalue weighted by molar-refractivity contribution is 6.30. The molecule has 0 saturated heterocycles. The summed E-state index contributed by atoms with van der Waals surface area (Å²) in [5, 5.41) is 5.26. The normalized spacial score (nSPS) is 23.2. The molecule has 0 aliphatic heterocycles. The molecule has 3 aliphatic carbocycles. The number of amides is 2. The molecule has 2 aromatic carbocycles. The summed E-state index contributed by atoms with van der Waals surface area (Å²) in [5.74, 6) is -3.01. The van der Waals surface area contributed by atoms with Crippen LogP contribution in [0.25, 0.3) is 0 Å². The summed E-state index contributed by atoms with van der Waals surface area (Å²) in [5.41, 5.74) is -0.306. The fourth-order valence-electron chi connectivity index (χ4n) is 4.28. The van der Waals surface area contributed by atoms with Gasteiger partial charge in [-0.15, -0.1) is 0 Å². The first kappa shape index (κ1) is 21.3. The summed E-state index contributed by atoms with van der Waals surface area (Å²) in [7, 11) is 0. The Morgan fingerprint density at radius 1 is 1.00 bits per heavy atom. The highest BCUT2D eigenvalue weighted by Crippen LogP contribution is 2.67. The molecule has 5 rings (SSSR count). The maximum Gasteiger partial charge on any atom is 0.411 e. The second-order valence-electron chi connectivity index (χ2n) is 8.05. The molecule has 0 spiro atoms. The van der Waals surface area contributed by atoms with E-state index in [1.807, 2.05) is 0 Å². The van der Waals surface area contributed by atoms with Gasteiger partial charge in [-0.2, -0.15) is 0 Å². The van der Waals surface area contributed by atoms with Crippen molar-refractivity contribution in [2.75, 3.05) is 18.5 Å². The molecule has 10 heteroatoms. The van der Waals surface area contributed by atoms with Crippen molar-refractivity contribution in [3.63, 3.8) is 0 Å². The Morgan fingerprint density at radius 3 is 2.42 bits per heavy atom. The Morgan fingerprint density at radius 2 is 1.74 bits per heavy atom. The number of anilines is 1. The van der Waals surface area contributed by atoms with Crippen LogP contribution in [-0.4, -0.2) is 30.8 Å². The monoisotopic (exact) mass is 454 g/mol. The Kier molecular flexibility index (Phi) is 5.47. The largest absolute Gasteiger partial charge is 0.484 e. The summed E-state index contributed by atoms with van der Waals surface area (Å²) >= 11 is 5.60. The van der Waals surface area contributed by atoms with Gasteiger partial charge in [-0.25, -0.2) is 18.0 Å². The van der Waals surface area contributed by atoms with Crippen LogP contribution in [0.5, 0.6) is 5.75 Å². The summed E-state index contributed by atoms with van der Waals surface area (Å²) in [6.45, 7) is -0.145. The minimum absolute atomic E-state index is 0.0460. The first-order valence-corrected chi connectivity index (χ1v) is 9.83. The van der Waals surface area contributed by atoms with Crippen LogP contribution in [0, 0.1) is 22.9 Å². The van der Waals surface area contributed by atoms with Crippen LogP contribution in [0.2, 0.25) is 5.02 Å². The van der Waals surface area contributed by atoms with Crippen LogP contribution in [-0.2, 0) is 9.53 Å². The summed E-state index contributed by atoms with van der Waals surface area (Å²) in [6, 6.07) is 6.92. The molecule has 3 saturated carbocycles. The van der Waals surface area contributed by atoms with E-state index in [0.29, 0.717) is 19.3 Å². The number of hydrogen-bond acceptors (Lipinski definition) is 4. The fourth-order valence-corrected chi connectivity index (χ4v) is 4.40. The van der Waals surface area contributed by atoms with E-state index < -0.39 is 23.5 Å². The van der Waals surface area contributed by atoms with E-state index in [2.05, 4.69) is 10.6 Å². The van der Waals surface area contributed by atoms with Crippen molar-refractivity contribution in [2.45, 2.75) is 24.8 Å². The van der Waals surface area contributed by atoms with Crippen LogP contribution in [0.15, 0.2) is 36.4 Å². The third-order valence-electron chi connectivity index (χ3n) is 5.48. The molecule has 6 nitrogen and oxygen atoms in total. The van der Waals surface area contributed by atoms with E-state index in [1.54, 1.807) is 0 Å². The predicted molar refractivity (Wildman–Crippen MR) is 105 cm³/mol. The van der Waals surface area contributed by atoms with E-state index in [9.17, 15) is 22.8 Å². The molecular formula is C21H18ClF3N2O4. The van der Waals surface area contributed by atoms with Gasteiger partial charge in [0.25, 0.3) is 5.91 Å². The molecule has 3 fully saturated rings. The molecule has 2 amide bonds. The van der Waals surface area contributed by atoms with E-state index in [4.69, 9.17) is 21.1 Å². The quantitative estimate of drug-likeness (QED) is 0.649. The van der Waals surface area contributed by atoms with E-state index in [1.165, 1.54) is 18.2 Å². The average molecular weight is 455 g/mol. The zero-order valence-corrected chi connectivity index (χ0v) is 16.9. The van der Waals surface area contributed by atoms with Crippen LogP contribution in [0.3, 0.4) is 0 Å². The molecule has 2 bridgehead atoms. The van der Waals surface area contributed by atoms with Crippen LogP contribution in [0.4, 0.5) is 23.7 Å². The molecule has 0 aromatic heterocycles. The number of carbonyl (C=O) groups excluding carboxylic acids is 2. The number of halogens is 4. The van der Waals surface area contributed by atoms with E-state index in [0.717, 1.165) is 18.2 Å². The van der Waals surface area contributed by atoms with Gasteiger partial charge in [-0.05, 0) is 49.6 Å².